The van der Waals surface area contributed by atoms with E-state index in [1.165, 1.54) is 0 Å². The minimum atomic E-state index is -0.300. The van der Waals surface area contributed by atoms with Gasteiger partial charge in [-0.2, -0.15) is 0 Å². The number of hydrogen-bond acceptors (Lipinski definition) is 7. The minimum absolute atomic E-state index is 0.189. The average molecular weight is 391 g/mol. The molecule has 0 saturated carbocycles. The molecule has 0 bridgehead atoms. The summed E-state index contributed by atoms with van der Waals surface area (Å²) in [5.74, 6) is 2.48. The number of nitrogens with one attached hydrogen (secondary N) is 2. The van der Waals surface area contributed by atoms with E-state index in [0.29, 0.717) is 29.4 Å². The van der Waals surface area contributed by atoms with E-state index in [2.05, 4.69) is 15.6 Å². The van der Waals surface area contributed by atoms with Crippen LogP contribution in [0, 0.1) is 0 Å². The number of nitrogens with zero attached hydrogens (tertiary/aromatic N) is 1. The summed E-state index contributed by atoms with van der Waals surface area (Å²) in [6.45, 7) is 1.04. The number of carbonyl (C=O) groups is 1. The van der Waals surface area contributed by atoms with Gasteiger partial charge in [0, 0.05) is 18.3 Å². The van der Waals surface area contributed by atoms with Gasteiger partial charge in [-0.1, -0.05) is 6.07 Å². The Morgan fingerprint density at radius 2 is 1.52 bits per heavy atom. The van der Waals surface area contributed by atoms with Gasteiger partial charge in [0.1, 0.15) is 5.69 Å². The van der Waals surface area contributed by atoms with Crippen LogP contribution in [-0.4, -0.2) is 24.5 Å². The van der Waals surface area contributed by atoms with Gasteiger partial charge < -0.3 is 29.6 Å². The number of ether oxygens (including phenoxy) is 4. The normalized spacial score (nSPS) is 13.2. The molecule has 1 aromatic heterocycles. The number of hydrogen-bond donors (Lipinski definition) is 2. The first-order chi connectivity index (χ1) is 14.2. The first-order valence-corrected chi connectivity index (χ1v) is 9.04. The van der Waals surface area contributed by atoms with Gasteiger partial charge in [0.05, 0.1) is 11.9 Å². The third-order valence-corrected chi connectivity index (χ3v) is 4.56. The van der Waals surface area contributed by atoms with Gasteiger partial charge in [0.15, 0.2) is 23.0 Å². The van der Waals surface area contributed by atoms with Gasteiger partial charge in [-0.3, -0.25) is 4.79 Å². The molecular weight excluding hydrogens is 374 g/mol. The zero-order valence-corrected chi connectivity index (χ0v) is 15.3. The van der Waals surface area contributed by atoms with Gasteiger partial charge in [-0.25, -0.2) is 4.98 Å². The number of carbonyl (C=O) groups excluding carboxylic acids is 1. The topological polar surface area (TPSA) is 90.9 Å². The molecule has 3 aromatic rings. The van der Waals surface area contributed by atoms with Crippen LogP contribution in [0.25, 0.3) is 0 Å². The molecule has 0 unspecified atom stereocenters. The lowest BCUT2D eigenvalue weighted by Crippen LogP contribution is -2.13. The van der Waals surface area contributed by atoms with Crippen LogP contribution in [0.2, 0.25) is 0 Å². The van der Waals surface area contributed by atoms with Crippen molar-refractivity contribution in [3.05, 3.63) is 66.0 Å². The van der Waals surface area contributed by atoms with Gasteiger partial charge in [0.25, 0.3) is 5.91 Å². The van der Waals surface area contributed by atoms with E-state index >= 15 is 0 Å². The summed E-state index contributed by atoms with van der Waals surface area (Å²) in [5, 5.41) is 6.08. The molecule has 2 aromatic carbocycles. The molecule has 3 heterocycles. The highest BCUT2D eigenvalue weighted by molar-refractivity contribution is 6.03. The predicted octanol–water partition coefficient (Wildman–Crippen LogP) is 3.40. The highest BCUT2D eigenvalue weighted by Crippen LogP contribution is 2.34. The Morgan fingerprint density at radius 3 is 2.28 bits per heavy atom. The minimum Gasteiger partial charge on any atom is -0.454 e. The summed E-state index contributed by atoms with van der Waals surface area (Å²) in [6, 6.07) is 14.5. The molecule has 0 fully saturated rings. The molecule has 0 aliphatic carbocycles. The zero-order chi connectivity index (χ0) is 19.6. The molecule has 1 amide bonds. The summed E-state index contributed by atoms with van der Waals surface area (Å²) in [4.78, 5) is 16.7. The molecule has 146 valence electrons. The van der Waals surface area contributed by atoms with Crippen molar-refractivity contribution in [2.45, 2.75) is 6.54 Å². The van der Waals surface area contributed by atoms with Gasteiger partial charge in [-0.05, 0) is 42.0 Å². The van der Waals surface area contributed by atoms with E-state index < -0.39 is 0 Å². The fourth-order valence-corrected chi connectivity index (χ4v) is 3.06. The van der Waals surface area contributed by atoms with Crippen molar-refractivity contribution in [3.8, 4) is 23.0 Å². The van der Waals surface area contributed by atoms with Crippen LogP contribution in [0.15, 0.2) is 54.7 Å². The van der Waals surface area contributed by atoms with Crippen molar-refractivity contribution in [2.75, 3.05) is 24.2 Å². The maximum absolute atomic E-state index is 12.4. The van der Waals surface area contributed by atoms with E-state index in [1.54, 1.807) is 30.5 Å². The summed E-state index contributed by atoms with van der Waals surface area (Å²) in [5.41, 5.74) is 2.79. The van der Waals surface area contributed by atoms with E-state index in [4.69, 9.17) is 18.9 Å². The molecule has 29 heavy (non-hydrogen) atoms. The number of aromatic nitrogens is 1. The van der Waals surface area contributed by atoms with Gasteiger partial charge in [-0.15, -0.1) is 0 Å². The molecule has 0 spiro atoms. The SMILES string of the molecule is O=C(Nc1ccc2c(c1)OCO2)c1ccc(NCc2ccc3c(c2)OCO3)cn1. The smallest absolute Gasteiger partial charge is 0.274 e. The monoisotopic (exact) mass is 391 g/mol. The Bertz CT molecular complexity index is 1070. The second-order valence-electron chi connectivity index (χ2n) is 6.50. The van der Waals surface area contributed by atoms with Crippen LogP contribution in [0.3, 0.4) is 0 Å². The van der Waals surface area contributed by atoms with Crippen LogP contribution in [0.4, 0.5) is 11.4 Å². The first-order valence-electron chi connectivity index (χ1n) is 9.04. The molecule has 0 atom stereocenters. The number of anilines is 2. The third-order valence-electron chi connectivity index (χ3n) is 4.56. The van der Waals surface area contributed by atoms with Crippen LogP contribution in [-0.2, 0) is 6.54 Å². The standard InChI is InChI=1S/C21H17N3O5/c25-21(24-14-3-6-18-20(8-14)29-12-27-18)16-4-2-15(10-23-16)22-9-13-1-5-17-19(7-13)28-11-26-17/h1-8,10,22H,9,11-12H2,(H,24,25). The van der Waals surface area contributed by atoms with Gasteiger partial charge >= 0.3 is 0 Å². The Balaban J connectivity index is 1.20. The van der Waals surface area contributed by atoms with Gasteiger partial charge in [0.2, 0.25) is 13.6 Å². The fourth-order valence-electron chi connectivity index (χ4n) is 3.06. The highest BCUT2D eigenvalue weighted by Gasteiger charge is 2.15. The fraction of sp³-hybridized carbons (Fsp3) is 0.143. The lowest BCUT2D eigenvalue weighted by molar-refractivity contribution is 0.102. The van der Waals surface area contributed by atoms with Crippen LogP contribution in [0.1, 0.15) is 16.1 Å². The third kappa shape index (κ3) is 3.60. The van der Waals surface area contributed by atoms with Crippen LogP contribution < -0.4 is 29.6 Å². The molecule has 2 aliphatic rings. The van der Waals surface area contributed by atoms with Crippen molar-refractivity contribution in [3.63, 3.8) is 0 Å². The first kappa shape index (κ1) is 17.2. The summed E-state index contributed by atoms with van der Waals surface area (Å²) >= 11 is 0. The molecule has 5 rings (SSSR count). The molecule has 8 nitrogen and oxygen atoms in total. The number of pyridine rings is 1. The summed E-state index contributed by atoms with van der Waals surface area (Å²) in [6.07, 6.45) is 1.63. The lowest BCUT2D eigenvalue weighted by atomic mass is 10.2. The van der Waals surface area contributed by atoms with E-state index in [1.807, 2.05) is 24.3 Å². The Labute approximate surface area is 166 Å². The van der Waals surface area contributed by atoms with Crippen molar-refractivity contribution in [1.82, 2.24) is 4.98 Å². The average Bonchev–Trinajstić information content (AvgIpc) is 3.41. The van der Waals surface area contributed by atoms with Crippen LogP contribution >= 0.6 is 0 Å². The maximum Gasteiger partial charge on any atom is 0.274 e. The number of rotatable bonds is 5. The Hall–Kier alpha value is -3.94. The zero-order valence-electron chi connectivity index (χ0n) is 15.3. The second-order valence-corrected chi connectivity index (χ2v) is 6.50. The highest BCUT2D eigenvalue weighted by atomic mass is 16.7. The Kier molecular flexibility index (Phi) is 4.28. The summed E-state index contributed by atoms with van der Waals surface area (Å²) in [7, 11) is 0. The van der Waals surface area contributed by atoms with E-state index in [9.17, 15) is 4.79 Å². The molecule has 0 radical (unpaired) electrons. The van der Waals surface area contributed by atoms with Crippen molar-refractivity contribution >= 4 is 17.3 Å². The largest absolute Gasteiger partial charge is 0.454 e. The Morgan fingerprint density at radius 1 is 0.828 bits per heavy atom. The molecular formula is C21H17N3O5. The lowest BCUT2D eigenvalue weighted by Gasteiger charge is -2.09. The molecule has 0 saturated heterocycles. The van der Waals surface area contributed by atoms with E-state index in [0.717, 1.165) is 22.7 Å². The number of amides is 1. The van der Waals surface area contributed by atoms with Crippen LogP contribution in [0.5, 0.6) is 23.0 Å². The molecule has 2 N–H and O–H groups in total. The number of fused-ring (bicyclic) bond motifs is 2. The van der Waals surface area contributed by atoms with Crippen molar-refractivity contribution < 1.29 is 23.7 Å². The van der Waals surface area contributed by atoms with Crippen molar-refractivity contribution in [2.24, 2.45) is 0 Å². The second kappa shape index (κ2) is 7.23. The van der Waals surface area contributed by atoms with Crippen molar-refractivity contribution in [1.29, 1.82) is 0 Å². The van der Waals surface area contributed by atoms with E-state index in [-0.39, 0.29) is 19.5 Å². The summed E-state index contributed by atoms with van der Waals surface area (Å²) < 4.78 is 21.3. The maximum atomic E-state index is 12.4. The predicted molar refractivity (Wildman–Crippen MR) is 105 cm³/mol. The quantitative estimate of drug-likeness (QED) is 0.689. The molecule has 2 aliphatic heterocycles. The molecule has 8 heteroatoms. The number of benzene rings is 2.